The van der Waals surface area contributed by atoms with Crippen molar-refractivity contribution in [2.75, 3.05) is 11.9 Å². The molecule has 2 amide bonds. The molecule has 2 unspecified atom stereocenters. The van der Waals surface area contributed by atoms with E-state index in [0.717, 1.165) is 42.0 Å². The second-order valence-electron chi connectivity index (χ2n) is 6.55. The zero-order chi connectivity index (χ0) is 18.0. The van der Waals surface area contributed by atoms with Gasteiger partial charge in [0.1, 0.15) is 11.9 Å². The standard InChI is InChI=1S/C19H24N4O2/c1-4-7-15-11-20-18(21-15)17-10-14-8-5-6-9-16(14)23(17)19(25)13(2)22(3)12-24/h5-6,8-9,11-13,17H,4,7,10H2,1-3H3,(H,20,21). The van der Waals surface area contributed by atoms with Crippen molar-refractivity contribution < 1.29 is 9.59 Å². The average molecular weight is 340 g/mol. The number of benzene rings is 1. The predicted molar refractivity (Wildman–Crippen MR) is 96.2 cm³/mol. The summed E-state index contributed by atoms with van der Waals surface area (Å²) >= 11 is 0. The third-order valence-electron chi connectivity index (χ3n) is 4.83. The maximum Gasteiger partial charge on any atom is 0.250 e. The van der Waals surface area contributed by atoms with Gasteiger partial charge in [0.05, 0.1) is 6.04 Å². The first-order chi connectivity index (χ1) is 12.1. The number of aryl methyl sites for hydroxylation is 1. The Kier molecular flexibility index (Phi) is 4.88. The molecule has 2 aromatic rings. The fourth-order valence-electron chi connectivity index (χ4n) is 3.29. The summed E-state index contributed by atoms with van der Waals surface area (Å²) in [5, 5.41) is 0. The third kappa shape index (κ3) is 3.16. The summed E-state index contributed by atoms with van der Waals surface area (Å²) in [5.41, 5.74) is 3.10. The number of aromatic nitrogens is 2. The number of H-pyrrole nitrogens is 1. The second kappa shape index (κ2) is 7.09. The Morgan fingerprint density at radius 1 is 1.48 bits per heavy atom. The summed E-state index contributed by atoms with van der Waals surface area (Å²) in [6.45, 7) is 3.87. The van der Waals surface area contributed by atoms with E-state index < -0.39 is 6.04 Å². The van der Waals surface area contributed by atoms with E-state index in [2.05, 4.69) is 16.9 Å². The van der Waals surface area contributed by atoms with Gasteiger partial charge >= 0.3 is 0 Å². The number of nitrogens with zero attached hydrogens (tertiary/aromatic N) is 3. The molecule has 1 aromatic heterocycles. The first-order valence-electron chi connectivity index (χ1n) is 8.68. The van der Waals surface area contributed by atoms with Gasteiger partial charge in [0, 0.05) is 31.0 Å². The average Bonchev–Trinajstić information content (AvgIpc) is 3.24. The molecule has 0 bridgehead atoms. The third-order valence-corrected chi connectivity index (χ3v) is 4.83. The number of anilines is 1. The Morgan fingerprint density at radius 3 is 2.96 bits per heavy atom. The summed E-state index contributed by atoms with van der Waals surface area (Å²) in [5.74, 6) is 0.701. The fourth-order valence-corrected chi connectivity index (χ4v) is 3.29. The van der Waals surface area contributed by atoms with Crippen LogP contribution in [0, 0.1) is 0 Å². The predicted octanol–water partition coefficient (Wildman–Crippen LogP) is 2.47. The summed E-state index contributed by atoms with van der Waals surface area (Å²) in [7, 11) is 1.62. The van der Waals surface area contributed by atoms with E-state index in [1.807, 2.05) is 30.5 Å². The Bertz CT molecular complexity index is 770. The lowest BCUT2D eigenvalue weighted by atomic mass is 10.1. The molecule has 1 aliphatic rings. The minimum atomic E-state index is -0.531. The summed E-state index contributed by atoms with van der Waals surface area (Å²) in [6.07, 6.45) is 5.23. The van der Waals surface area contributed by atoms with E-state index in [0.29, 0.717) is 6.41 Å². The van der Waals surface area contributed by atoms with Crippen LogP contribution in [-0.4, -0.2) is 40.3 Å². The number of likely N-dealkylation sites (N-methyl/N-ethyl adjacent to an activating group) is 1. The summed E-state index contributed by atoms with van der Waals surface area (Å²) in [6, 6.07) is 7.21. The molecule has 2 atom stereocenters. The van der Waals surface area contributed by atoms with Crippen molar-refractivity contribution in [1.29, 1.82) is 0 Å². The van der Waals surface area contributed by atoms with Crippen molar-refractivity contribution in [2.45, 2.75) is 45.2 Å². The second-order valence-corrected chi connectivity index (χ2v) is 6.55. The zero-order valence-electron chi connectivity index (χ0n) is 14.9. The number of fused-ring (bicyclic) bond motifs is 1. The first kappa shape index (κ1) is 17.2. The molecule has 1 aromatic carbocycles. The Labute approximate surface area is 147 Å². The number of hydrogen-bond donors (Lipinski definition) is 1. The molecule has 0 fully saturated rings. The Morgan fingerprint density at radius 2 is 2.24 bits per heavy atom. The molecular weight excluding hydrogens is 316 g/mol. The lowest BCUT2D eigenvalue weighted by Crippen LogP contribution is -2.46. The Balaban J connectivity index is 1.96. The molecular formula is C19H24N4O2. The topological polar surface area (TPSA) is 69.3 Å². The smallest absolute Gasteiger partial charge is 0.250 e. The number of para-hydroxylation sites is 1. The summed E-state index contributed by atoms with van der Waals surface area (Å²) < 4.78 is 0. The largest absolute Gasteiger partial charge is 0.344 e. The van der Waals surface area contributed by atoms with Gasteiger partial charge in [-0.3, -0.25) is 14.5 Å². The van der Waals surface area contributed by atoms with Crippen molar-refractivity contribution in [1.82, 2.24) is 14.9 Å². The molecule has 1 N–H and O–H groups in total. The zero-order valence-corrected chi connectivity index (χ0v) is 14.9. The number of nitrogens with one attached hydrogen (secondary N) is 1. The molecule has 0 saturated carbocycles. The minimum Gasteiger partial charge on any atom is -0.344 e. The fraction of sp³-hybridized carbons (Fsp3) is 0.421. The van der Waals surface area contributed by atoms with Crippen molar-refractivity contribution >= 4 is 18.0 Å². The highest BCUT2D eigenvalue weighted by Crippen LogP contribution is 2.40. The van der Waals surface area contributed by atoms with Gasteiger partial charge in [0.2, 0.25) is 12.3 Å². The number of carbonyl (C=O) groups excluding carboxylic acids is 2. The van der Waals surface area contributed by atoms with Crippen LogP contribution in [0.1, 0.15) is 43.4 Å². The normalized spacial score (nSPS) is 17.2. The number of amides is 2. The van der Waals surface area contributed by atoms with Gasteiger partial charge in [-0.1, -0.05) is 31.5 Å². The lowest BCUT2D eigenvalue weighted by Gasteiger charge is -2.29. The van der Waals surface area contributed by atoms with Crippen molar-refractivity contribution in [3.05, 3.63) is 47.5 Å². The van der Waals surface area contributed by atoms with Gasteiger partial charge in [-0.2, -0.15) is 0 Å². The number of hydrogen-bond acceptors (Lipinski definition) is 3. The molecule has 6 nitrogen and oxygen atoms in total. The van der Waals surface area contributed by atoms with Crippen LogP contribution in [0.4, 0.5) is 5.69 Å². The van der Waals surface area contributed by atoms with Crippen molar-refractivity contribution in [3.63, 3.8) is 0 Å². The molecule has 132 valence electrons. The van der Waals surface area contributed by atoms with E-state index in [1.165, 1.54) is 4.90 Å². The van der Waals surface area contributed by atoms with Crippen LogP contribution in [0.15, 0.2) is 30.5 Å². The molecule has 0 saturated heterocycles. The van der Waals surface area contributed by atoms with Gasteiger partial charge < -0.3 is 9.88 Å². The van der Waals surface area contributed by atoms with Crippen LogP contribution >= 0.6 is 0 Å². The van der Waals surface area contributed by atoms with E-state index in [1.54, 1.807) is 18.9 Å². The molecule has 0 radical (unpaired) electrons. The highest BCUT2D eigenvalue weighted by molar-refractivity contribution is 6.00. The van der Waals surface area contributed by atoms with Gasteiger partial charge in [0.15, 0.2) is 0 Å². The highest BCUT2D eigenvalue weighted by Gasteiger charge is 2.38. The van der Waals surface area contributed by atoms with Crippen molar-refractivity contribution in [3.8, 4) is 0 Å². The van der Waals surface area contributed by atoms with Gasteiger partial charge in [0.25, 0.3) is 0 Å². The monoisotopic (exact) mass is 340 g/mol. The van der Waals surface area contributed by atoms with Crippen LogP contribution < -0.4 is 4.90 Å². The molecule has 6 heteroatoms. The molecule has 25 heavy (non-hydrogen) atoms. The van der Waals surface area contributed by atoms with Crippen LogP contribution in [0.3, 0.4) is 0 Å². The maximum absolute atomic E-state index is 13.1. The quantitative estimate of drug-likeness (QED) is 0.821. The highest BCUT2D eigenvalue weighted by atomic mass is 16.2. The van der Waals surface area contributed by atoms with E-state index in [4.69, 9.17) is 0 Å². The minimum absolute atomic E-state index is 0.0991. The number of carbonyl (C=O) groups is 2. The van der Waals surface area contributed by atoms with Gasteiger partial charge in [-0.25, -0.2) is 4.98 Å². The summed E-state index contributed by atoms with van der Waals surface area (Å²) in [4.78, 5) is 35.3. The SMILES string of the molecule is CCCc1cnc(C2Cc3ccccc3N2C(=O)C(C)N(C)C=O)[nH]1. The lowest BCUT2D eigenvalue weighted by molar-refractivity contribution is -0.129. The van der Waals surface area contributed by atoms with E-state index in [-0.39, 0.29) is 11.9 Å². The molecule has 0 aliphatic carbocycles. The maximum atomic E-state index is 13.1. The molecule has 1 aliphatic heterocycles. The van der Waals surface area contributed by atoms with Crippen molar-refractivity contribution in [2.24, 2.45) is 0 Å². The van der Waals surface area contributed by atoms with E-state index in [9.17, 15) is 9.59 Å². The van der Waals surface area contributed by atoms with Crippen LogP contribution in [0.25, 0.3) is 0 Å². The van der Waals surface area contributed by atoms with Crippen LogP contribution in [-0.2, 0) is 22.4 Å². The van der Waals surface area contributed by atoms with E-state index >= 15 is 0 Å². The van der Waals surface area contributed by atoms with Gasteiger partial charge in [-0.05, 0) is 25.0 Å². The number of rotatable bonds is 6. The Hall–Kier alpha value is -2.63. The molecule has 0 spiro atoms. The van der Waals surface area contributed by atoms with Crippen LogP contribution in [0.5, 0.6) is 0 Å². The van der Waals surface area contributed by atoms with Gasteiger partial charge in [-0.15, -0.1) is 0 Å². The van der Waals surface area contributed by atoms with Crippen LogP contribution in [0.2, 0.25) is 0 Å². The number of aromatic amines is 1. The number of imidazole rings is 1. The first-order valence-corrected chi connectivity index (χ1v) is 8.68. The molecule has 2 heterocycles. The molecule has 3 rings (SSSR count).